The van der Waals surface area contributed by atoms with Gasteiger partial charge in [-0.3, -0.25) is 0 Å². The summed E-state index contributed by atoms with van der Waals surface area (Å²) < 4.78 is 23.7. The molecule has 0 atom stereocenters. The summed E-state index contributed by atoms with van der Waals surface area (Å²) in [5.41, 5.74) is 1.06. The summed E-state index contributed by atoms with van der Waals surface area (Å²) >= 11 is 5.86. The molecule has 19 heavy (non-hydrogen) atoms. The molecule has 0 aliphatic rings. The fourth-order valence-electron chi connectivity index (χ4n) is 1.61. The van der Waals surface area contributed by atoms with Gasteiger partial charge in [-0.05, 0) is 30.8 Å². The van der Waals surface area contributed by atoms with E-state index in [-0.39, 0.29) is 17.4 Å². The second kappa shape index (κ2) is 6.59. The van der Waals surface area contributed by atoms with Gasteiger partial charge in [0, 0.05) is 12.1 Å². The molecule has 1 aromatic heterocycles. The highest BCUT2D eigenvalue weighted by atomic mass is 35.5. The molecular formula is C14H15ClFNO2. The van der Waals surface area contributed by atoms with Crippen LogP contribution >= 0.6 is 11.6 Å². The summed E-state index contributed by atoms with van der Waals surface area (Å²) in [4.78, 5) is 0. The number of rotatable bonds is 6. The van der Waals surface area contributed by atoms with Crippen LogP contribution in [0.5, 0.6) is 5.75 Å². The zero-order valence-corrected chi connectivity index (χ0v) is 11.3. The van der Waals surface area contributed by atoms with E-state index < -0.39 is 0 Å². The SMILES string of the molecule is CCNCc1coc(COc2ccc(F)cc2Cl)c1. The Morgan fingerprint density at radius 2 is 2.21 bits per heavy atom. The van der Waals surface area contributed by atoms with Crippen LogP contribution in [0.1, 0.15) is 18.2 Å². The zero-order valence-electron chi connectivity index (χ0n) is 10.6. The van der Waals surface area contributed by atoms with E-state index in [4.69, 9.17) is 20.8 Å². The van der Waals surface area contributed by atoms with E-state index in [1.807, 2.05) is 13.0 Å². The van der Waals surface area contributed by atoms with E-state index in [1.54, 1.807) is 6.26 Å². The molecule has 0 bridgehead atoms. The highest BCUT2D eigenvalue weighted by molar-refractivity contribution is 6.32. The van der Waals surface area contributed by atoms with Gasteiger partial charge in [0.15, 0.2) is 0 Å². The van der Waals surface area contributed by atoms with Crippen LogP contribution in [-0.4, -0.2) is 6.54 Å². The molecular weight excluding hydrogens is 269 g/mol. The number of benzene rings is 1. The lowest BCUT2D eigenvalue weighted by Crippen LogP contribution is -2.10. The molecule has 102 valence electrons. The number of furan rings is 1. The maximum absolute atomic E-state index is 12.9. The van der Waals surface area contributed by atoms with Crippen LogP contribution in [-0.2, 0) is 13.2 Å². The summed E-state index contributed by atoms with van der Waals surface area (Å²) in [6.45, 7) is 3.97. The molecule has 5 heteroatoms. The fourth-order valence-corrected chi connectivity index (χ4v) is 1.83. The predicted molar refractivity (Wildman–Crippen MR) is 71.8 cm³/mol. The monoisotopic (exact) mass is 283 g/mol. The van der Waals surface area contributed by atoms with Gasteiger partial charge in [-0.1, -0.05) is 18.5 Å². The smallest absolute Gasteiger partial charge is 0.146 e. The molecule has 0 saturated heterocycles. The molecule has 0 unspecified atom stereocenters. The number of hydrogen-bond donors (Lipinski definition) is 1. The largest absolute Gasteiger partial charge is 0.484 e. The van der Waals surface area contributed by atoms with E-state index in [9.17, 15) is 4.39 Å². The summed E-state index contributed by atoms with van der Waals surface area (Å²) in [7, 11) is 0. The van der Waals surface area contributed by atoms with Crippen molar-refractivity contribution in [1.29, 1.82) is 0 Å². The minimum Gasteiger partial charge on any atom is -0.484 e. The van der Waals surface area contributed by atoms with E-state index >= 15 is 0 Å². The van der Waals surface area contributed by atoms with Gasteiger partial charge in [0.25, 0.3) is 0 Å². The van der Waals surface area contributed by atoms with Gasteiger partial charge in [-0.15, -0.1) is 0 Å². The van der Waals surface area contributed by atoms with Gasteiger partial charge in [0.1, 0.15) is 23.9 Å². The average molecular weight is 284 g/mol. The highest BCUT2D eigenvalue weighted by Crippen LogP contribution is 2.25. The molecule has 0 saturated carbocycles. The Balaban J connectivity index is 1.92. The first-order valence-electron chi connectivity index (χ1n) is 6.04. The normalized spacial score (nSPS) is 10.7. The molecule has 0 amide bonds. The summed E-state index contributed by atoms with van der Waals surface area (Å²) in [6, 6.07) is 5.94. The Kier molecular flexibility index (Phi) is 4.82. The number of halogens is 2. The third-order valence-corrected chi connectivity index (χ3v) is 2.85. The molecule has 1 N–H and O–H groups in total. The second-order valence-electron chi connectivity index (χ2n) is 4.07. The summed E-state index contributed by atoms with van der Waals surface area (Å²) in [5.74, 6) is 0.754. The summed E-state index contributed by atoms with van der Waals surface area (Å²) in [6.07, 6.45) is 1.69. The van der Waals surface area contributed by atoms with Gasteiger partial charge in [-0.2, -0.15) is 0 Å². The van der Waals surface area contributed by atoms with Crippen LogP contribution in [0, 0.1) is 5.82 Å². The zero-order chi connectivity index (χ0) is 13.7. The van der Waals surface area contributed by atoms with Crippen LogP contribution in [0.2, 0.25) is 5.02 Å². The van der Waals surface area contributed by atoms with Crippen LogP contribution in [0.3, 0.4) is 0 Å². The Labute approximate surface area is 116 Å². The lowest BCUT2D eigenvalue weighted by molar-refractivity contribution is 0.270. The van der Waals surface area contributed by atoms with Crippen LogP contribution < -0.4 is 10.1 Å². The Hall–Kier alpha value is -1.52. The topological polar surface area (TPSA) is 34.4 Å². The predicted octanol–water partition coefficient (Wildman–Crippen LogP) is 3.76. The van der Waals surface area contributed by atoms with E-state index in [0.29, 0.717) is 11.5 Å². The van der Waals surface area contributed by atoms with Crippen molar-refractivity contribution < 1.29 is 13.5 Å². The van der Waals surface area contributed by atoms with Crippen molar-refractivity contribution in [1.82, 2.24) is 5.32 Å². The molecule has 3 nitrogen and oxygen atoms in total. The van der Waals surface area contributed by atoms with Gasteiger partial charge in [0.05, 0.1) is 11.3 Å². The third-order valence-electron chi connectivity index (χ3n) is 2.55. The molecule has 2 aromatic rings. The van der Waals surface area contributed by atoms with Crippen LogP contribution in [0.4, 0.5) is 4.39 Å². The quantitative estimate of drug-likeness (QED) is 0.876. The molecule has 0 aliphatic heterocycles. The van der Waals surface area contributed by atoms with Gasteiger partial charge >= 0.3 is 0 Å². The molecule has 0 aliphatic carbocycles. The number of ether oxygens (including phenoxy) is 1. The van der Waals surface area contributed by atoms with Crippen molar-refractivity contribution >= 4 is 11.6 Å². The van der Waals surface area contributed by atoms with E-state index in [1.165, 1.54) is 18.2 Å². The van der Waals surface area contributed by atoms with Crippen LogP contribution in [0.25, 0.3) is 0 Å². The standard InChI is InChI=1S/C14H15ClFNO2/c1-2-17-7-10-5-12(18-8-10)9-19-14-4-3-11(16)6-13(14)15/h3-6,8,17H,2,7,9H2,1H3. The summed E-state index contributed by atoms with van der Waals surface area (Å²) in [5, 5.41) is 3.45. The van der Waals surface area contributed by atoms with Gasteiger partial charge in [0.2, 0.25) is 0 Å². The van der Waals surface area contributed by atoms with E-state index in [0.717, 1.165) is 18.7 Å². The highest BCUT2D eigenvalue weighted by Gasteiger charge is 2.06. The molecule has 0 fully saturated rings. The Morgan fingerprint density at radius 1 is 1.37 bits per heavy atom. The fraction of sp³-hybridized carbons (Fsp3) is 0.286. The van der Waals surface area contributed by atoms with Crippen molar-refractivity contribution in [3.63, 3.8) is 0 Å². The Bertz CT molecular complexity index is 542. The first-order valence-corrected chi connectivity index (χ1v) is 6.41. The molecule has 1 aromatic carbocycles. The molecule has 1 heterocycles. The van der Waals surface area contributed by atoms with Crippen LogP contribution in [0.15, 0.2) is 34.9 Å². The minimum atomic E-state index is -0.386. The number of hydrogen-bond acceptors (Lipinski definition) is 3. The molecule has 0 spiro atoms. The third kappa shape index (κ3) is 3.98. The second-order valence-corrected chi connectivity index (χ2v) is 4.47. The Morgan fingerprint density at radius 3 is 2.95 bits per heavy atom. The maximum Gasteiger partial charge on any atom is 0.146 e. The lowest BCUT2D eigenvalue weighted by Gasteiger charge is -2.05. The minimum absolute atomic E-state index is 0.249. The maximum atomic E-state index is 12.9. The van der Waals surface area contributed by atoms with Crippen molar-refractivity contribution in [2.24, 2.45) is 0 Å². The average Bonchev–Trinajstić information content (AvgIpc) is 2.83. The van der Waals surface area contributed by atoms with Gasteiger partial charge in [-0.25, -0.2) is 4.39 Å². The van der Waals surface area contributed by atoms with Crippen molar-refractivity contribution in [2.45, 2.75) is 20.1 Å². The van der Waals surface area contributed by atoms with Crippen molar-refractivity contribution in [2.75, 3.05) is 6.54 Å². The molecule has 0 radical (unpaired) electrons. The van der Waals surface area contributed by atoms with Crippen molar-refractivity contribution in [3.8, 4) is 5.75 Å². The number of nitrogens with one attached hydrogen (secondary N) is 1. The lowest BCUT2D eigenvalue weighted by atomic mass is 10.3. The van der Waals surface area contributed by atoms with Crippen molar-refractivity contribution in [3.05, 3.63) is 52.7 Å². The van der Waals surface area contributed by atoms with Gasteiger partial charge < -0.3 is 14.5 Å². The molecule has 2 rings (SSSR count). The first-order chi connectivity index (χ1) is 9.19. The first kappa shape index (κ1) is 13.9. The van der Waals surface area contributed by atoms with E-state index in [2.05, 4.69) is 5.32 Å².